The molecule has 2 heterocycles. The molecule has 0 spiro atoms. The minimum absolute atomic E-state index is 0.0431. The van der Waals surface area contributed by atoms with Crippen LogP contribution in [0, 0.1) is 6.92 Å². The highest BCUT2D eigenvalue weighted by atomic mass is 16.5. The van der Waals surface area contributed by atoms with Crippen LogP contribution in [0.4, 0.5) is 11.4 Å². The van der Waals surface area contributed by atoms with Crippen LogP contribution in [-0.4, -0.2) is 32.2 Å². The molecule has 0 saturated carbocycles. The number of furan rings is 1. The maximum Gasteiger partial charge on any atom is 0.228 e. The van der Waals surface area contributed by atoms with Crippen LogP contribution in [-0.2, 0) is 16.0 Å². The topological polar surface area (TPSA) is 54.7 Å². The second kappa shape index (κ2) is 8.29. The van der Waals surface area contributed by atoms with Crippen LogP contribution < -0.4 is 10.2 Å². The van der Waals surface area contributed by atoms with Crippen molar-refractivity contribution in [1.29, 1.82) is 0 Å². The van der Waals surface area contributed by atoms with Gasteiger partial charge in [-0.1, -0.05) is 13.8 Å². The number of aryl methyl sites for hydroxylation is 1. The molecule has 0 atom stereocenters. The van der Waals surface area contributed by atoms with Gasteiger partial charge in [0.05, 0.1) is 25.9 Å². The van der Waals surface area contributed by atoms with Crippen LogP contribution in [0.5, 0.6) is 0 Å². The van der Waals surface area contributed by atoms with Crippen LogP contribution in [0.25, 0.3) is 11.0 Å². The third kappa shape index (κ3) is 4.30. The van der Waals surface area contributed by atoms with E-state index in [4.69, 9.17) is 9.15 Å². The maximum absolute atomic E-state index is 12.6. The van der Waals surface area contributed by atoms with Gasteiger partial charge in [0, 0.05) is 35.4 Å². The van der Waals surface area contributed by atoms with E-state index in [2.05, 4.69) is 43.1 Å². The predicted molar refractivity (Wildman–Crippen MR) is 117 cm³/mol. The van der Waals surface area contributed by atoms with Crippen molar-refractivity contribution >= 4 is 28.3 Å². The van der Waals surface area contributed by atoms with E-state index < -0.39 is 0 Å². The molecule has 1 fully saturated rings. The Morgan fingerprint density at radius 3 is 2.55 bits per heavy atom. The van der Waals surface area contributed by atoms with Crippen LogP contribution in [0.3, 0.4) is 0 Å². The Kier molecular flexibility index (Phi) is 5.58. The van der Waals surface area contributed by atoms with Gasteiger partial charge in [0.2, 0.25) is 5.91 Å². The molecule has 1 aliphatic heterocycles. The summed E-state index contributed by atoms with van der Waals surface area (Å²) in [4.78, 5) is 14.9. The fraction of sp³-hybridized carbons (Fsp3) is 0.375. The number of anilines is 2. The Morgan fingerprint density at radius 1 is 1.14 bits per heavy atom. The first-order valence-corrected chi connectivity index (χ1v) is 10.2. The molecule has 1 aromatic heterocycles. The molecule has 5 nitrogen and oxygen atoms in total. The van der Waals surface area contributed by atoms with Crippen molar-refractivity contribution < 1.29 is 13.9 Å². The SMILES string of the molecule is Cc1cc2occ(CC(=O)Nc3ccc(N4CCOCC4)cc3)c2cc1C(C)C. The summed E-state index contributed by atoms with van der Waals surface area (Å²) < 4.78 is 11.1. The summed E-state index contributed by atoms with van der Waals surface area (Å²) in [7, 11) is 0. The largest absolute Gasteiger partial charge is 0.464 e. The summed E-state index contributed by atoms with van der Waals surface area (Å²) in [5.41, 5.74) is 6.23. The van der Waals surface area contributed by atoms with E-state index in [1.54, 1.807) is 6.26 Å². The number of amides is 1. The lowest BCUT2D eigenvalue weighted by Gasteiger charge is -2.28. The molecule has 5 heteroatoms. The van der Waals surface area contributed by atoms with Gasteiger partial charge >= 0.3 is 0 Å². The third-order valence-electron chi connectivity index (χ3n) is 5.54. The van der Waals surface area contributed by atoms with Gasteiger partial charge in [-0.2, -0.15) is 0 Å². The van der Waals surface area contributed by atoms with E-state index in [1.165, 1.54) is 11.1 Å². The molecule has 2 aromatic carbocycles. The number of hydrogen-bond donors (Lipinski definition) is 1. The molecule has 1 aliphatic rings. The molecular weight excluding hydrogens is 364 g/mol. The van der Waals surface area contributed by atoms with E-state index in [0.29, 0.717) is 12.3 Å². The van der Waals surface area contributed by atoms with Crippen molar-refractivity contribution in [3.05, 3.63) is 59.4 Å². The average molecular weight is 392 g/mol. The molecule has 1 saturated heterocycles. The summed E-state index contributed by atoms with van der Waals surface area (Å²) in [6.45, 7) is 9.78. The first-order valence-electron chi connectivity index (χ1n) is 10.2. The van der Waals surface area contributed by atoms with Gasteiger partial charge in [0.1, 0.15) is 5.58 Å². The van der Waals surface area contributed by atoms with Crippen LogP contribution in [0.1, 0.15) is 36.5 Å². The normalized spacial score (nSPS) is 14.6. The number of nitrogens with zero attached hydrogens (tertiary/aromatic N) is 1. The summed E-state index contributed by atoms with van der Waals surface area (Å²) in [6, 6.07) is 12.2. The van der Waals surface area contributed by atoms with Gasteiger partial charge in [0.25, 0.3) is 0 Å². The van der Waals surface area contributed by atoms with E-state index >= 15 is 0 Å². The predicted octanol–water partition coefficient (Wildman–Crippen LogP) is 4.88. The lowest BCUT2D eigenvalue weighted by atomic mass is 9.95. The first-order chi connectivity index (χ1) is 14.0. The number of hydrogen-bond acceptors (Lipinski definition) is 4. The molecule has 0 aliphatic carbocycles. The number of carbonyl (C=O) groups excluding carboxylic acids is 1. The Balaban J connectivity index is 1.45. The van der Waals surface area contributed by atoms with Crippen LogP contribution in [0.15, 0.2) is 47.1 Å². The fourth-order valence-electron chi connectivity index (χ4n) is 3.96. The molecule has 1 N–H and O–H groups in total. The summed E-state index contributed by atoms with van der Waals surface area (Å²) >= 11 is 0. The Bertz CT molecular complexity index is 999. The molecule has 1 amide bonds. The molecular formula is C24H28N2O3. The Hall–Kier alpha value is -2.79. The smallest absolute Gasteiger partial charge is 0.228 e. The fourth-order valence-corrected chi connectivity index (χ4v) is 3.96. The highest BCUT2D eigenvalue weighted by Gasteiger charge is 2.15. The molecule has 0 unspecified atom stereocenters. The summed E-state index contributed by atoms with van der Waals surface area (Å²) in [5.74, 6) is 0.388. The quantitative estimate of drug-likeness (QED) is 0.672. The zero-order chi connectivity index (χ0) is 20.4. The van der Waals surface area contributed by atoms with Gasteiger partial charge < -0.3 is 19.4 Å². The molecule has 0 radical (unpaired) electrons. The Labute approximate surface area is 171 Å². The van der Waals surface area contributed by atoms with Gasteiger partial charge in [-0.05, 0) is 60.4 Å². The van der Waals surface area contributed by atoms with Crippen molar-refractivity contribution in [2.75, 3.05) is 36.5 Å². The van der Waals surface area contributed by atoms with E-state index in [1.807, 2.05) is 24.3 Å². The first kappa shape index (κ1) is 19.5. The average Bonchev–Trinajstić information content (AvgIpc) is 3.09. The third-order valence-corrected chi connectivity index (χ3v) is 5.54. The molecule has 0 bridgehead atoms. The molecule has 29 heavy (non-hydrogen) atoms. The van der Waals surface area contributed by atoms with E-state index in [0.717, 1.165) is 54.2 Å². The molecule has 3 aromatic rings. The van der Waals surface area contributed by atoms with Gasteiger partial charge in [0.15, 0.2) is 0 Å². The zero-order valence-electron chi connectivity index (χ0n) is 17.3. The summed E-state index contributed by atoms with van der Waals surface area (Å²) in [6.07, 6.45) is 1.99. The molecule has 4 rings (SSSR count). The summed E-state index contributed by atoms with van der Waals surface area (Å²) in [5, 5.41) is 4.03. The van der Waals surface area contributed by atoms with Gasteiger partial charge in [-0.3, -0.25) is 4.79 Å². The van der Waals surface area contributed by atoms with Crippen LogP contribution in [0.2, 0.25) is 0 Å². The number of morpholine rings is 1. The minimum atomic E-state index is -0.0431. The zero-order valence-corrected chi connectivity index (χ0v) is 17.3. The maximum atomic E-state index is 12.6. The molecule has 152 valence electrons. The Morgan fingerprint density at radius 2 is 1.86 bits per heavy atom. The second-order valence-electron chi connectivity index (χ2n) is 7.99. The number of benzene rings is 2. The lowest BCUT2D eigenvalue weighted by molar-refractivity contribution is -0.115. The minimum Gasteiger partial charge on any atom is -0.464 e. The number of nitrogens with one attached hydrogen (secondary N) is 1. The van der Waals surface area contributed by atoms with Crippen molar-refractivity contribution in [2.45, 2.75) is 33.1 Å². The van der Waals surface area contributed by atoms with Gasteiger partial charge in [-0.15, -0.1) is 0 Å². The van der Waals surface area contributed by atoms with Crippen molar-refractivity contribution in [3.63, 3.8) is 0 Å². The van der Waals surface area contributed by atoms with E-state index in [9.17, 15) is 4.79 Å². The number of ether oxygens (including phenoxy) is 1. The van der Waals surface area contributed by atoms with Gasteiger partial charge in [-0.25, -0.2) is 0 Å². The monoisotopic (exact) mass is 392 g/mol. The van der Waals surface area contributed by atoms with Crippen LogP contribution >= 0.6 is 0 Å². The van der Waals surface area contributed by atoms with Crippen molar-refractivity contribution in [1.82, 2.24) is 0 Å². The standard InChI is InChI=1S/C24H28N2O3/c1-16(2)21-14-22-18(15-29-23(22)12-17(21)3)13-24(27)25-19-4-6-20(7-5-19)26-8-10-28-11-9-26/h4-7,12,14-16H,8-11,13H2,1-3H3,(H,25,27). The lowest BCUT2D eigenvalue weighted by Crippen LogP contribution is -2.36. The van der Waals surface area contributed by atoms with Crippen molar-refractivity contribution in [2.24, 2.45) is 0 Å². The number of fused-ring (bicyclic) bond motifs is 1. The second-order valence-corrected chi connectivity index (χ2v) is 7.99. The van der Waals surface area contributed by atoms with E-state index in [-0.39, 0.29) is 5.91 Å². The van der Waals surface area contributed by atoms with Crippen molar-refractivity contribution in [3.8, 4) is 0 Å². The highest BCUT2D eigenvalue weighted by Crippen LogP contribution is 2.29. The highest BCUT2D eigenvalue weighted by molar-refractivity contribution is 5.95. The number of carbonyl (C=O) groups is 1. The number of rotatable bonds is 5.